The van der Waals surface area contributed by atoms with Crippen LogP contribution < -0.4 is 0 Å². The summed E-state index contributed by atoms with van der Waals surface area (Å²) in [7, 11) is 0. The van der Waals surface area contributed by atoms with E-state index in [9.17, 15) is 24.0 Å². The quantitative estimate of drug-likeness (QED) is 0.246. The van der Waals surface area contributed by atoms with Crippen molar-refractivity contribution in [1.29, 1.82) is 0 Å². The van der Waals surface area contributed by atoms with Crippen molar-refractivity contribution in [3.8, 4) is 0 Å². The zero-order valence-electron chi connectivity index (χ0n) is 25.6. The molecule has 0 N–H and O–H groups in total. The molecule has 3 fully saturated rings. The van der Waals surface area contributed by atoms with Crippen molar-refractivity contribution in [3.05, 3.63) is 42.0 Å². The van der Waals surface area contributed by atoms with E-state index in [-0.39, 0.29) is 12.3 Å². The number of hydrogen-bond donors (Lipinski definition) is 0. The number of hydrogen-bond acceptors (Lipinski definition) is 11. The van der Waals surface area contributed by atoms with E-state index in [0.29, 0.717) is 6.42 Å². The van der Waals surface area contributed by atoms with Gasteiger partial charge in [0, 0.05) is 39.7 Å². The van der Waals surface area contributed by atoms with Gasteiger partial charge in [-0.05, 0) is 44.2 Å². The molecule has 11 heteroatoms. The summed E-state index contributed by atoms with van der Waals surface area (Å²) in [4.78, 5) is 63.4. The van der Waals surface area contributed by atoms with E-state index in [0.717, 1.165) is 5.56 Å². The van der Waals surface area contributed by atoms with Gasteiger partial charge in [0.25, 0.3) is 0 Å². The second-order valence-electron chi connectivity index (χ2n) is 12.2. The van der Waals surface area contributed by atoms with Crippen LogP contribution >= 0.6 is 0 Å². The minimum atomic E-state index is -1.65. The van der Waals surface area contributed by atoms with E-state index in [1.165, 1.54) is 33.8 Å². The van der Waals surface area contributed by atoms with E-state index in [2.05, 4.69) is 0 Å². The van der Waals surface area contributed by atoms with Crippen LogP contribution in [0.3, 0.4) is 0 Å². The number of rotatable bonds is 8. The fourth-order valence-electron chi connectivity index (χ4n) is 7.45. The van der Waals surface area contributed by atoms with Crippen LogP contribution in [0.1, 0.15) is 66.9 Å². The Morgan fingerprint density at radius 3 is 2.07 bits per heavy atom. The fourth-order valence-corrected chi connectivity index (χ4v) is 7.45. The first-order valence-corrected chi connectivity index (χ1v) is 14.4. The molecule has 3 aliphatic rings. The molecule has 1 aromatic carbocycles. The lowest BCUT2D eigenvalue weighted by Gasteiger charge is -2.62. The van der Waals surface area contributed by atoms with Gasteiger partial charge >= 0.3 is 29.8 Å². The monoisotopic (exact) mass is 600 g/mol. The zero-order chi connectivity index (χ0) is 31.7. The Morgan fingerprint density at radius 1 is 0.860 bits per heavy atom. The molecule has 11 nitrogen and oxygen atoms in total. The minimum absolute atomic E-state index is 0.232. The molecule has 1 saturated heterocycles. The first-order chi connectivity index (χ1) is 20.1. The normalized spacial score (nSPS) is 34.0. The number of ether oxygens (including phenoxy) is 6. The molecule has 1 aliphatic heterocycles. The van der Waals surface area contributed by atoms with Crippen LogP contribution in [-0.2, 0) is 52.4 Å². The molecule has 4 rings (SSSR count). The lowest BCUT2D eigenvalue weighted by Crippen LogP contribution is -2.77. The summed E-state index contributed by atoms with van der Waals surface area (Å²) in [5, 5.41) is 0. The highest BCUT2D eigenvalue weighted by Gasteiger charge is 2.81. The summed E-state index contributed by atoms with van der Waals surface area (Å²) in [6, 6.07) is 9.09. The lowest BCUT2D eigenvalue weighted by atomic mass is 9.48. The second-order valence-corrected chi connectivity index (χ2v) is 12.2. The summed E-state index contributed by atoms with van der Waals surface area (Å²) in [6.45, 7) is 10.1. The molecule has 0 unspecified atom stereocenters. The molecule has 234 valence electrons. The first-order valence-electron chi connectivity index (χ1n) is 14.4. The fraction of sp³-hybridized carbons (Fsp3) is 0.594. The van der Waals surface area contributed by atoms with Gasteiger partial charge in [0.1, 0.15) is 24.2 Å². The van der Waals surface area contributed by atoms with E-state index in [1.54, 1.807) is 18.2 Å². The van der Waals surface area contributed by atoms with Crippen molar-refractivity contribution in [2.24, 2.45) is 17.3 Å². The van der Waals surface area contributed by atoms with E-state index in [1.807, 2.05) is 39.0 Å². The Kier molecular flexibility index (Phi) is 9.06. The SMILES string of the molecule is CC(=O)OC[C@]12[C@H](OC(C)=O)[C@@H](OC(C)=O)[C@@H]3C[C@]1(OC3(C)C)[C@H](C)C[C@H](OC(C)=O)[C@@H]2OC(=O)/C=C\c1ccccc1. The van der Waals surface area contributed by atoms with E-state index >= 15 is 0 Å². The molecule has 2 bridgehead atoms. The average Bonchev–Trinajstić information content (AvgIpc) is 3.17. The summed E-state index contributed by atoms with van der Waals surface area (Å²) in [5.41, 5.74) is -3.02. The topological polar surface area (TPSA) is 141 Å². The summed E-state index contributed by atoms with van der Waals surface area (Å²) in [6.07, 6.45) is -1.40. The van der Waals surface area contributed by atoms with Crippen molar-refractivity contribution < 1.29 is 52.4 Å². The molecule has 1 heterocycles. The maximum absolute atomic E-state index is 13.5. The zero-order valence-corrected chi connectivity index (χ0v) is 25.6. The van der Waals surface area contributed by atoms with Crippen molar-refractivity contribution in [2.75, 3.05) is 6.61 Å². The summed E-state index contributed by atoms with van der Waals surface area (Å²) < 4.78 is 36.3. The van der Waals surface area contributed by atoms with Crippen molar-refractivity contribution in [2.45, 2.75) is 96.9 Å². The Labute approximate surface area is 251 Å². The largest absolute Gasteiger partial charge is 0.465 e. The van der Waals surface area contributed by atoms with Crippen LogP contribution in [0.15, 0.2) is 36.4 Å². The van der Waals surface area contributed by atoms with Gasteiger partial charge in [0.05, 0.1) is 11.2 Å². The molecular weight excluding hydrogens is 560 g/mol. The molecule has 2 aliphatic carbocycles. The highest BCUT2D eigenvalue weighted by atomic mass is 16.6. The highest BCUT2D eigenvalue weighted by molar-refractivity contribution is 5.87. The van der Waals surface area contributed by atoms with Crippen LogP contribution in [0.2, 0.25) is 0 Å². The van der Waals surface area contributed by atoms with Gasteiger partial charge in [-0.15, -0.1) is 0 Å². The van der Waals surface area contributed by atoms with Crippen LogP contribution in [0.25, 0.3) is 6.08 Å². The maximum Gasteiger partial charge on any atom is 0.331 e. The molecule has 1 aromatic rings. The third kappa shape index (κ3) is 6.04. The van der Waals surface area contributed by atoms with Gasteiger partial charge < -0.3 is 28.4 Å². The number of benzene rings is 1. The standard InChI is InChI=1S/C32H40O11/c1-18-15-25(39-20(3)34)28(42-26(37)14-13-23-11-9-8-10-12-23)31(17-38-19(2)33)29(41-22(5)36)27(40-21(4)35)24-16-32(18,31)43-30(24,6)7/h8-14,18,24-25,27-29H,15-17H2,1-7H3/b14-13-/t18-,24+,25+,27+,28+,29-,31+,32+/m1/s1. The minimum Gasteiger partial charge on any atom is -0.465 e. The Morgan fingerprint density at radius 2 is 1.49 bits per heavy atom. The van der Waals surface area contributed by atoms with Crippen LogP contribution in [0, 0.1) is 17.3 Å². The predicted octanol–water partition coefficient (Wildman–Crippen LogP) is 3.56. The number of carbonyl (C=O) groups excluding carboxylic acids is 5. The maximum atomic E-state index is 13.5. The van der Waals surface area contributed by atoms with Crippen LogP contribution in [0.5, 0.6) is 0 Å². The highest BCUT2D eigenvalue weighted by Crippen LogP contribution is 2.67. The molecule has 2 saturated carbocycles. The average molecular weight is 601 g/mol. The first kappa shape index (κ1) is 32.2. The summed E-state index contributed by atoms with van der Waals surface area (Å²) >= 11 is 0. The van der Waals surface area contributed by atoms with Gasteiger partial charge in [-0.3, -0.25) is 19.2 Å². The lowest BCUT2D eigenvalue weighted by molar-refractivity contribution is -0.309. The molecule has 43 heavy (non-hydrogen) atoms. The number of esters is 5. The Bertz CT molecular complexity index is 1290. The smallest absolute Gasteiger partial charge is 0.331 e. The molecule has 0 radical (unpaired) electrons. The molecule has 0 aromatic heterocycles. The Hall–Kier alpha value is -3.73. The number of fused-ring (bicyclic) bond motifs is 1. The van der Waals surface area contributed by atoms with Gasteiger partial charge in [-0.2, -0.15) is 0 Å². The number of carbonyl (C=O) groups is 5. The Balaban J connectivity index is 1.95. The van der Waals surface area contributed by atoms with Crippen LogP contribution in [-0.4, -0.2) is 72.1 Å². The third-order valence-corrected chi connectivity index (χ3v) is 8.96. The second kappa shape index (κ2) is 12.1. The van der Waals surface area contributed by atoms with Crippen molar-refractivity contribution in [3.63, 3.8) is 0 Å². The van der Waals surface area contributed by atoms with Gasteiger partial charge in [0.15, 0.2) is 12.2 Å². The van der Waals surface area contributed by atoms with E-state index < -0.39 is 83.4 Å². The van der Waals surface area contributed by atoms with Crippen LogP contribution in [0.4, 0.5) is 0 Å². The summed E-state index contributed by atoms with van der Waals surface area (Å²) in [5.74, 6) is -4.18. The van der Waals surface area contributed by atoms with Crippen molar-refractivity contribution >= 4 is 35.9 Å². The molecule has 0 amide bonds. The van der Waals surface area contributed by atoms with Gasteiger partial charge in [0.2, 0.25) is 0 Å². The van der Waals surface area contributed by atoms with Gasteiger partial charge in [-0.1, -0.05) is 37.3 Å². The molecule has 8 atom stereocenters. The van der Waals surface area contributed by atoms with E-state index in [4.69, 9.17) is 28.4 Å². The predicted molar refractivity (Wildman–Crippen MR) is 151 cm³/mol. The third-order valence-electron chi connectivity index (χ3n) is 8.96. The van der Waals surface area contributed by atoms with Gasteiger partial charge in [-0.25, -0.2) is 4.79 Å². The van der Waals surface area contributed by atoms with Crippen molar-refractivity contribution in [1.82, 2.24) is 0 Å². The molecular formula is C32H40O11. The molecule has 1 spiro atoms.